The van der Waals surface area contributed by atoms with Gasteiger partial charge in [-0.1, -0.05) is 20.4 Å². The van der Waals surface area contributed by atoms with Crippen LogP contribution in [0, 0.1) is 5.92 Å². The Hall–Kier alpha value is -1.19. The number of rotatable bonds is 3. The first-order chi connectivity index (χ1) is 4.95. The lowest BCUT2D eigenvalue weighted by molar-refractivity contribution is 0.215. The molecule has 0 heterocycles. The lowest BCUT2D eigenvalue weighted by atomic mass is 10.2. The minimum Gasteiger partial charge on any atom is -0.385 e. The van der Waals surface area contributed by atoms with Crippen LogP contribution in [0.25, 0.3) is 0 Å². The van der Waals surface area contributed by atoms with Gasteiger partial charge in [-0.3, -0.25) is 4.90 Å². The van der Waals surface area contributed by atoms with Crippen LogP contribution in [-0.2, 0) is 0 Å². The van der Waals surface area contributed by atoms with E-state index in [1.165, 1.54) is 4.90 Å². The van der Waals surface area contributed by atoms with E-state index >= 15 is 0 Å². The standard InChI is InChI=1S/C7H15N3O/c1-5(2)4-10(6(3)8)7(9)11/h5H,3-4,8H2,1-2H3,(H2,9,11). The Morgan fingerprint density at radius 2 is 2.00 bits per heavy atom. The van der Waals surface area contributed by atoms with Crippen LogP contribution in [0.2, 0.25) is 0 Å². The molecule has 4 N–H and O–H groups in total. The molecular weight excluding hydrogens is 142 g/mol. The zero-order valence-corrected chi connectivity index (χ0v) is 7.00. The van der Waals surface area contributed by atoms with Crippen molar-refractivity contribution in [2.75, 3.05) is 6.54 Å². The maximum atomic E-state index is 10.7. The fourth-order valence-corrected chi connectivity index (χ4v) is 0.714. The molecule has 0 aromatic rings. The van der Waals surface area contributed by atoms with E-state index in [1.54, 1.807) is 0 Å². The number of primary amides is 1. The van der Waals surface area contributed by atoms with Crippen LogP contribution >= 0.6 is 0 Å². The Bertz CT molecular complexity index is 151. The average molecular weight is 157 g/mol. The van der Waals surface area contributed by atoms with Crippen molar-refractivity contribution in [1.82, 2.24) is 4.90 Å². The van der Waals surface area contributed by atoms with Gasteiger partial charge in [0.1, 0.15) is 0 Å². The van der Waals surface area contributed by atoms with Crippen molar-refractivity contribution in [1.29, 1.82) is 0 Å². The molecule has 0 aliphatic heterocycles. The summed E-state index contributed by atoms with van der Waals surface area (Å²) in [7, 11) is 0. The number of nitrogens with two attached hydrogens (primary N) is 2. The summed E-state index contributed by atoms with van der Waals surface area (Å²) in [4.78, 5) is 11.9. The van der Waals surface area contributed by atoms with E-state index in [9.17, 15) is 4.79 Å². The summed E-state index contributed by atoms with van der Waals surface area (Å²) in [6.45, 7) is 7.89. The van der Waals surface area contributed by atoms with Crippen molar-refractivity contribution in [3.63, 3.8) is 0 Å². The predicted molar refractivity (Wildman–Crippen MR) is 44.5 cm³/mol. The Morgan fingerprint density at radius 1 is 1.55 bits per heavy atom. The van der Waals surface area contributed by atoms with Gasteiger partial charge in [-0.25, -0.2) is 4.79 Å². The Kier molecular flexibility index (Phi) is 3.44. The van der Waals surface area contributed by atoms with E-state index in [1.807, 2.05) is 13.8 Å². The van der Waals surface area contributed by atoms with Crippen LogP contribution in [0.1, 0.15) is 13.8 Å². The number of amides is 2. The fraction of sp³-hybridized carbons (Fsp3) is 0.571. The van der Waals surface area contributed by atoms with Crippen LogP contribution < -0.4 is 11.5 Å². The average Bonchev–Trinajstić information content (AvgIpc) is 1.81. The van der Waals surface area contributed by atoms with Gasteiger partial charge in [-0.2, -0.15) is 0 Å². The maximum Gasteiger partial charge on any atom is 0.320 e. The van der Waals surface area contributed by atoms with Crippen LogP contribution in [0.4, 0.5) is 4.79 Å². The third kappa shape index (κ3) is 3.50. The van der Waals surface area contributed by atoms with Crippen LogP contribution in [-0.4, -0.2) is 17.5 Å². The van der Waals surface area contributed by atoms with Crippen molar-refractivity contribution in [2.24, 2.45) is 17.4 Å². The third-order valence-electron chi connectivity index (χ3n) is 1.16. The predicted octanol–water partition coefficient (Wildman–Crippen LogP) is 0.453. The van der Waals surface area contributed by atoms with Crippen LogP contribution in [0.15, 0.2) is 12.4 Å². The smallest absolute Gasteiger partial charge is 0.320 e. The molecule has 0 saturated heterocycles. The molecule has 0 atom stereocenters. The summed E-state index contributed by atoms with van der Waals surface area (Å²) in [6.07, 6.45) is 0. The van der Waals surface area contributed by atoms with Crippen molar-refractivity contribution < 1.29 is 4.79 Å². The first kappa shape index (κ1) is 9.81. The SMILES string of the molecule is C=C(N)N(CC(C)C)C(N)=O. The van der Waals surface area contributed by atoms with Crippen molar-refractivity contribution >= 4 is 6.03 Å². The van der Waals surface area contributed by atoms with Crippen molar-refractivity contribution in [3.8, 4) is 0 Å². The first-order valence-electron chi connectivity index (χ1n) is 3.46. The lowest BCUT2D eigenvalue weighted by Crippen LogP contribution is -2.39. The quantitative estimate of drug-likeness (QED) is 0.624. The minimum absolute atomic E-state index is 0.200. The first-order valence-corrected chi connectivity index (χ1v) is 3.46. The summed E-state index contributed by atoms with van der Waals surface area (Å²) in [5, 5.41) is 0. The highest BCUT2D eigenvalue weighted by Gasteiger charge is 2.11. The fourth-order valence-electron chi connectivity index (χ4n) is 0.714. The Balaban J connectivity index is 4.12. The van der Waals surface area contributed by atoms with Gasteiger partial charge in [-0.05, 0) is 5.92 Å². The van der Waals surface area contributed by atoms with Gasteiger partial charge < -0.3 is 11.5 Å². The molecule has 0 bridgehead atoms. The van der Waals surface area contributed by atoms with E-state index < -0.39 is 6.03 Å². The van der Waals surface area contributed by atoms with Gasteiger partial charge >= 0.3 is 6.03 Å². The van der Waals surface area contributed by atoms with Gasteiger partial charge in [-0.15, -0.1) is 0 Å². The molecule has 11 heavy (non-hydrogen) atoms. The third-order valence-corrected chi connectivity index (χ3v) is 1.16. The molecule has 0 aromatic carbocycles. The topological polar surface area (TPSA) is 72.3 Å². The second kappa shape index (κ2) is 3.85. The maximum absolute atomic E-state index is 10.7. The molecule has 0 saturated carbocycles. The largest absolute Gasteiger partial charge is 0.385 e. The summed E-state index contributed by atoms with van der Waals surface area (Å²) < 4.78 is 0. The number of carbonyl (C=O) groups excluding carboxylic acids is 1. The Labute approximate surface area is 66.8 Å². The Morgan fingerprint density at radius 3 is 2.09 bits per heavy atom. The molecule has 0 unspecified atom stereocenters. The molecule has 0 radical (unpaired) electrons. The van der Waals surface area contributed by atoms with E-state index in [0.717, 1.165) is 0 Å². The molecule has 0 rings (SSSR count). The number of urea groups is 1. The van der Waals surface area contributed by atoms with Gasteiger partial charge in [0.25, 0.3) is 0 Å². The van der Waals surface area contributed by atoms with E-state index in [2.05, 4.69) is 6.58 Å². The highest BCUT2D eigenvalue weighted by Crippen LogP contribution is 2.01. The van der Waals surface area contributed by atoms with Crippen molar-refractivity contribution in [2.45, 2.75) is 13.8 Å². The zero-order valence-electron chi connectivity index (χ0n) is 7.00. The van der Waals surface area contributed by atoms with Gasteiger partial charge in [0.05, 0.1) is 5.82 Å². The number of carbonyl (C=O) groups is 1. The number of hydrogen-bond donors (Lipinski definition) is 2. The van der Waals surface area contributed by atoms with Gasteiger partial charge in [0, 0.05) is 6.54 Å². The molecule has 0 aliphatic rings. The molecule has 0 aliphatic carbocycles. The molecular formula is C7H15N3O. The van der Waals surface area contributed by atoms with Crippen LogP contribution in [0.3, 0.4) is 0 Å². The van der Waals surface area contributed by atoms with Gasteiger partial charge in [0.2, 0.25) is 0 Å². The minimum atomic E-state index is -0.550. The van der Waals surface area contributed by atoms with Crippen molar-refractivity contribution in [3.05, 3.63) is 12.4 Å². The molecule has 4 nitrogen and oxygen atoms in total. The normalized spacial score (nSPS) is 9.73. The summed E-state index contributed by atoms with van der Waals surface area (Å²) in [6, 6.07) is -0.550. The monoisotopic (exact) mass is 157 g/mol. The highest BCUT2D eigenvalue weighted by atomic mass is 16.2. The molecule has 4 heteroatoms. The molecule has 0 spiro atoms. The van der Waals surface area contributed by atoms with Gasteiger partial charge in [0.15, 0.2) is 0 Å². The van der Waals surface area contributed by atoms with E-state index in [0.29, 0.717) is 12.5 Å². The molecule has 64 valence electrons. The second-order valence-corrected chi connectivity index (χ2v) is 2.83. The second-order valence-electron chi connectivity index (χ2n) is 2.83. The van der Waals surface area contributed by atoms with E-state index in [4.69, 9.17) is 11.5 Å². The summed E-state index contributed by atoms with van der Waals surface area (Å²) >= 11 is 0. The lowest BCUT2D eigenvalue weighted by Gasteiger charge is -2.21. The highest BCUT2D eigenvalue weighted by molar-refractivity contribution is 5.73. The summed E-state index contributed by atoms with van der Waals surface area (Å²) in [5.74, 6) is 0.536. The van der Waals surface area contributed by atoms with E-state index in [-0.39, 0.29) is 5.82 Å². The number of nitrogens with zero attached hydrogens (tertiary/aromatic N) is 1. The number of hydrogen-bond acceptors (Lipinski definition) is 2. The summed E-state index contributed by atoms with van der Waals surface area (Å²) in [5.41, 5.74) is 10.3. The molecule has 2 amide bonds. The zero-order chi connectivity index (χ0) is 9.02. The molecule has 0 aromatic heterocycles. The molecule has 0 fully saturated rings. The van der Waals surface area contributed by atoms with Crippen LogP contribution in [0.5, 0.6) is 0 Å².